The first kappa shape index (κ1) is 11.0. The second-order valence-corrected chi connectivity index (χ2v) is 3.18. The molecule has 14 heavy (non-hydrogen) atoms. The van der Waals surface area contributed by atoms with Crippen LogP contribution in [0.3, 0.4) is 0 Å². The summed E-state index contributed by atoms with van der Waals surface area (Å²) in [6.45, 7) is 2.11. The summed E-state index contributed by atoms with van der Waals surface area (Å²) in [5.74, 6) is 0. The number of anilines is 1. The highest BCUT2D eigenvalue weighted by Crippen LogP contribution is 2.07. The lowest BCUT2D eigenvalue weighted by molar-refractivity contribution is 0.0410. The van der Waals surface area contributed by atoms with E-state index in [0.717, 1.165) is 18.5 Å². The van der Waals surface area contributed by atoms with E-state index in [1.807, 2.05) is 30.3 Å². The zero-order valence-electron chi connectivity index (χ0n) is 8.44. The van der Waals surface area contributed by atoms with Crippen LogP contribution in [0.4, 0.5) is 5.69 Å². The Morgan fingerprint density at radius 3 is 2.64 bits per heavy atom. The number of rotatable bonds is 6. The van der Waals surface area contributed by atoms with Crippen molar-refractivity contribution >= 4 is 5.69 Å². The van der Waals surface area contributed by atoms with Crippen LogP contribution in [-0.2, 0) is 4.84 Å². The highest BCUT2D eigenvalue weighted by atomic mass is 16.7. The maximum atomic E-state index is 8.97. The number of hydrogen-bond acceptors (Lipinski definition) is 3. The summed E-state index contributed by atoms with van der Waals surface area (Å²) in [6, 6.07) is 9.64. The summed E-state index contributed by atoms with van der Waals surface area (Å²) in [7, 11) is 0. The van der Waals surface area contributed by atoms with Crippen molar-refractivity contribution in [2.45, 2.75) is 25.9 Å². The molecule has 2 N–H and O–H groups in total. The van der Waals surface area contributed by atoms with Gasteiger partial charge >= 0.3 is 0 Å². The third-order valence-electron chi connectivity index (χ3n) is 1.93. The van der Waals surface area contributed by atoms with Gasteiger partial charge in [-0.1, -0.05) is 31.5 Å². The number of hydrogen-bond donors (Lipinski definition) is 2. The van der Waals surface area contributed by atoms with E-state index >= 15 is 0 Å². The first-order chi connectivity index (χ1) is 6.86. The summed E-state index contributed by atoms with van der Waals surface area (Å²) in [4.78, 5) is 5.32. The van der Waals surface area contributed by atoms with Crippen molar-refractivity contribution in [1.29, 1.82) is 0 Å². The molecule has 1 rings (SSSR count). The van der Waals surface area contributed by atoms with Crippen molar-refractivity contribution in [1.82, 2.24) is 0 Å². The van der Waals surface area contributed by atoms with Crippen LogP contribution in [-0.4, -0.2) is 17.8 Å². The SMILES string of the molecule is CCCC(CO)ONc1ccccc1. The van der Waals surface area contributed by atoms with Crippen LogP contribution in [0.5, 0.6) is 0 Å². The summed E-state index contributed by atoms with van der Waals surface area (Å²) >= 11 is 0. The molecule has 0 saturated heterocycles. The molecule has 0 aliphatic carbocycles. The minimum absolute atomic E-state index is 0.0493. The Bertz CT molecular complexity index is 238. The maximum Gasteiger partial charge on any atom is 0.108 e. The lowest BCUT2D eigenvalue weighted by atomic mass is 10.2. The molecule has 78 valence electrons. The molecule has 3 nitrogen and oxygen atoms in total. The van der Waals surface area contributed by atoms with Gasteiger partial charge in [-0.3, -0.25) is 10.3 Å². The van der Waals surface area contributed by atoms with Crippen LogP contribution >= 0.6 is 0 Å². The molecule has 1 aromatic rings. The Morgan fingerprint density at radius 1 is 1.36 bits per heavy atom. The normalized spacial score (nSPS) is 12.4. The van der Waals surface area contributed by atoms with E-state index < -0.39 is 0 Å². The molecule has 0 radical (unpaired) electrons. The van der Waals surface area contributed by atoms with Crippen molar-refractivity contribution in [2.75, 3.05) is 12.1 Å². The molecule has 0 saturated carbocycles. The molecule has 0 amide bonds. The van der Waals surface area contributed by atoms with Crippen molar-refractivity contribution in [3.63, 3.8) is 0 Å². The summed E-state index contributed by atoms with van der Waals surface area (Å²) in [6.07, 6.45) is 1.73. The topological polar surface area (TPSA) is 41.5 Å². The molecule has 0 aliphatic rings. The van der Waals surface area contributed by atoms with Gasteiger partial charge in [0.1, 0.15) is 6.10 Å². The van der Waals surface area contributed by atoms with Crippen molar-refractivity contribution in [3.8, 4) is 0 Å². The summed E-state index contributed by atoms with van der Waals surface area (Å²) < 4.78 is 0. The van der Waals surface area contributed by atoms with Crippen LogP contribution in [0.15, 0.2) is 30.3 Å². The number of para-hydroxylation sites is 1. The zero-order valence-corrected chi connectivity index (χ0v) is 8.44. The molecule has 0 aromatic heterocycles. The Kier molecular flexibility index (Phi) is 5.04. The van der Waals surface area contributed by atoms with E-state index in [0.29, 0.717) is 0 Å². The Labute approximate surface area is 84.7 Å². The standard InChI is InChI=1S/C11H17NO2/c1-2-6-11(9-13)14-12-10-7-4-3-5-8-10/h3-5,7-8,11-13H,2,6,9H2,1H3. The van der Waals surface area contributed by atoms with Gasteiger partial charge in [0.25, 0.3) is 0 Å². The van der Waals surface area contributed by atoms with Gasteiger partial charge < -0.3 is 5.11 Å². The smallest absolute Gasteiger partial charge is 0.108 e. The van der Waals surface area contributed by atoms with Gasteiger partial charge in [0.05, 0.1) is 12.3 Å². The molecule has 1 aromatic carbocycles. The van der Waals surface area contributed by atoms with E-state index in [-0.39, 0.29) is 12.7 Å². The molecule has 1 atom stereocenters. The lowest BCUT2D eigenvalue weighted by Gasteiger charge is -2.15. The second kappa shape index (κ2) is 6.40. The minimum atomic E-state index is -0.125. The highest BCUT2D eigenvalue weighted by molar-refractivity contribution is 5.39. The second-order valence-electron chi connectivity index (χ2n) is 3.18. The van der Waals surface area contributed by atoms with Gasteiger partial charge in [-0.15, -0.1) is 0 Å². The minimum Gasteiger partial charge on any atom is -0.394 e. The fourth-order valence-corrected chi connectivity index (χ4v) is 1.17. The predicted octanol–water partition coefficient (Wildman–Crippen LogP) is 2.19. The number of benzene rings is 1. The van der Waals surface area contributed by atoms with Crippen molar-refractivity contribution in [2.24, 2.45) is 0 Å². The first-order valence-corrected chi connectivity index (χ1v) is 4.94. The molecule has 1 unspecified atom stereocenters. The third kappa shape index (κ3) is 3.77. The van der Waals surface area contributed by atoms with Crippen molar-refractivity contribution < 1.29 is 9.94 Å². The van der Waals surface area contributed by atoms with E-state index in [4.69, 9.17) is 9.94 Å². The van der Waals surface area contributed by atoms with E-state index in [1.54, 1.807) is 0 Å². The van der Waals surface area contributed by atoms with Crippen molar-refractivity contribution in [3.05, 3.63) is 30.3 Å². The molecule has 0 spiro atoms. The van der Waals surface area contributed by atoms with Crippen LogP contribution in [0.1, 0.15) is 19.8 Å². The lowest BCUT2D eigenvalue weighted by Crippen LogP contribution is -2.20. The number of aliphatic hydroxyl groups excluding tert-OH is 1. The fraction of sp³-hybridized carbons (Fsp3) is 0.455. The van der Waals surface area contributed by atoms with Gasteiger partial charge in [0.2, 0.25) is 0 Å². The van der Waals surface area contributed by atoms with Crippen LogP contribution < -0.4 is 5.48 Å². The summed E-state index contributed by atoms with van der Waals surface area (Å²) in [5.41, 5.74) is 3.73. The highest BCUT2D eigenvalue weighted by Gasteiger charge is 2.05. The van der Waals surface area contributed by atoms with Gasteiger partial charge in [-0.25, -0.2) is 0 Å². The van der Waals surface area contributed by atoms with Crippen LogP contribution in [0.2, 0.25) is 0 Å². The molecule has 0 aliphatic heterocycles. The molecular formula is C11H17NO2. The zero-order chi connectivity index (χ0) is 10.2. The van der Waals surface area contributed by atoms with Gasteiger partial charge in [0, 0.05) is 0 Å². The molecule has 3 heteroatoms. The first-order valence-electron chi connectivity index (χ1n) is 4.94. The maximum absolute atomic E-state index is 8.97. The van der Waals surface area contributed by atoms with E-state index in [1.165, 1.54) is 0 Å². The quantitative estimate of drug-likeness (QED) is 0.684. The van der Waals surface area contributed by atoms with E-state index in [9.17, 15) is 0 Å². The van der Waals surface area contributed by atoms with E-state index in [2.05, 4.69) is 12.4 Å². The van der Waals surface area contributed by atoms with Crippen LogP contribution in [0.25, 0.3) is 0 Å². The molecule has 0 fully saturated rings. The average Bonchev–Trinajstić information content (AvgIpc) is 2.25. The summed E-state index contributed by atoms with van der Waals surface area (Å²) in [5, 5.41) is 8.97. The predicted molar refractivity (Wildman–Crippen MR) is 56.9 cm³/mol. The Balaban J connectivity index is 2.32. The number of nitrogens with one attached hydrogen (secondary N) is 1. The molecular weight excluding hydrogens is 178 g/mol. The fourth-order valence-electron chi connectivity index (χ4n) is 1.17. The third-order valence-corrected chi connectivity index (χ3v) is 1.93. The largest absolute Gasteiger partial charge is 0.394 e. The monoisotopic (exact) mass is 195 g/mol. The average molecular weight is 195 g/mol. The van der Waals surface area contributed by atoms with Gasteiger partial charge in [0.15, 0.2) is 0 Å². The Hall–Kier alpha value is -1.06. The Morgan fingerprint density at radius 2 is 2.07 bits per heavy atom. The number of aliphatic hydroxyl groups is 1. The van der Waals surface area contributed by atoms with Gasteiger partial charge in [-0.2, -0.15) is 0 Å². The van der Waals surface area contributed by atoms with Crippen LogP contribution in [0, 0.1) is 0 Å². The molecule has 0 bridgehead atoms. The molecule has 0 heterocycles. The van der Waals surface area contributed by atoms with Gasteiger partial charge in [-0.05, 0) is 18.6 Å².